The van der Waals surface area contributed by atoms with Crippen LogP contribution in [0.15, 0.2) is 12.1 Å². The van der Waals surface area contributed by atoms with Crippen LogP contribution in [0.4, 0.5) is 0 Å². The summed E-state index contributed by atoms with van der Waals surface area (Å²) in [7, 11) is 5.68. The van der Waals surface area contributed by atoms with Crippen molar-refractivity contribution in [3.63, 3.8) is 0 Å². The fraction of sp³-hybridized carbons (Fsp3) is 0.700. The number of piperidine rings is 1. The predicted octanol–water partition coefficient (Wildman–Crippen LogP) is 1.74. The summed E-state index contributed by atoms with van der Waals surface area (Å²) in [6.07, 6.45) is 4.00. The van der Waals surface area contributed by atoms with Crippen LogP contribution in [0.1, 0.15) is 30.4 Å². The maximum Gasteiger partial charge on any atom is 0.168 e. The Balaban J connectivity index is 1.83. The molecular weight excluding hydrogens is 318 g/mol. The maximum atomic E-state index is 10.6. The van der Waals surface area contributed by atoms with E-state index in [1.54, 1.807) is 14.2 Å². The van der Waals surface area contributed by atoms with Crippen LogP contribution in [-0.2, 0) is 16.6 Å². The highest BCUT2D eigenvalue weighted by Gasteiger charge is 2.73. The summed E-state index contributed by atoms with van der Waals surface area (Å²) < 4.78 is 18.2. The molecule has 1 aromatic rings. The number of likely N-dealkylation sites (N-methyl/N-ethyl adjacent to an activating group) is 1. The van der Waals surface area contributed by atoms with Crippen molar-refractivity contribution < 1.29 is 19.3 Å². The molecule has 1 saturated heterocycles. The standard InChI is InChI=1S/C20H27NO4/c1-21-9-8-19-13-5-7-16(24-3)20(19,11-22)25-18-15(23-2)6-4-12(17(18)19)10-14(13)21/h4,6,13-14,16,22H,5,7-11H2,1-3H3/t13?,14-,16?,19+,20+/m1/s1. The predicted molar refractivity (Wildman–Crippen MR) is 93.4 cm³/mol. The lowest BCUT2D eigenvalue weighted by atomic mass is 9.47. The van der Waals surface area contributed by atoms with Crippen molar-refractivity contribution in [2.75, 3.05) is 34.4 Å². The van der Waals surface area contributed by atoms with Gasteiger partial charge in [0, 0.05) is 24.1 Å². The third-order valence-corrected chi connectivity index (χ3v) is 7.64. The lowest BCUT2D eigenvalue weighted by Crippen LogP contribution is -2.74. The van der Waals surface area contributed by atoms with Gasteiger partial charge in [0.05, 0.1) is 19.8 Å². The second-order valence-corrected chi connectivity index (χ2v) is 8.16. The zero-order valence-electron chi connectivity index (χ0n) is 15.2. The van der Waals surface area contributed by atoms with Gasteiger partial charge in [-0.25, -0.2) is 0 Å². The van der Waals surface area contributed by atoms with Gasteiger partial charge in [-0.05, 0) is 56.8 Å². The highest BCUT2D eigenvalue weighted by atomic mass is 16.6. The van der Waals surface area contributed by atoms with E-state index in [0.29, 0.717) is 12.0 Å². The minimum absolute atomic E-state index is 0.0181. The average molecular weight is 345 g/mol. The zero-order chi connectivity index (χ0) is 17.4. The van der Waals surface area contributed by atoms with E-state index >= 15 is 0 Å². The van der Waals surface area contributed by atoms with E-state index in [2.05, 4.69) is 18.0 Å². The quantitative estimate of drug-likeness (QED) is 0.904. The highest BCUT2D eigenvalue weighted by Crippen LogP contribution is 2.67. The van der Waals surface area contributed by atoms with Gasteiger partial charge in [-0.2, -0.15) is 0 Å². The first-order valence-electron chi connectivity index (χ1n) is 9.36. The van der Waals surface area contributed by atoms with Crippen LogP contribution < -0.4 is 9.47 Å². The summed E-state index contributed by atoms with van der Waals surface area (Å²) in [5.74, 6) is 2.12. The maximum absolute atomic E-state index is 10.6. The van der Waals surface area contributed by atoms with Crippen LogP contribution in [0.5, 0.6) is 11.5 Å². The van der Waals surface area contributed by atoms with Gasteiger partial charge in [0.1, 0.15) is 0 Å². The summed E-state index contributed by atoms with van der Waals surface area (Å²) in [5, 5.41) is 10.6. The molecule has 1 spiro atoms. The zero-order valence-corrected chi connectivity index (χ0v) is 15.2. The minimum atomic E-state index is -0.698. The Bertz CT molecular complexity index is 722. The Morgan fingerprint density at radius 2 is 2.16 bits per heavy atom. The van der Waals surface area contributed by atoms with E-state index in [4.69, 9.17) is 14.2 Å². The molecule has 2 heterocycles. The molecule has 5 rings (SSSR count). The summed E-state index contributed by atoms with van der Waals surface area (Å²) >= 11 is 0. The average Bonchev–Trinajstić information content (AvgIpc) is 2.95. The Hall–Kier alpha value is -1.30. The van der Waals surface area contributed by atoms with Crippen molar-refractivity contribution in [2.24, 2.45) is 5.92 Å². The molecule has 2 bridgehead atoms. The van der Waals surface area contributed by atoms with Gasteiger partial charge in [0.25, 0.3) is 0 Å². The summed E-state index contributed by atoms with van der Waals surface area (Å²) in [6.45, 7) is 1.01. The molecule has 0 aromatic heterocycles. The molecule has 5 nitrogen and oxygen atoms in total. The third-order valence-electron chi connectivity index (χ3n) is 7.64. The topological polar surface area (TPSA) is 51.2 Å². The molecule has 2 aliphatic carbocycles. The highest BCUT2D eigenvalue weighted by molar-refractivity contribution is 5.63. The van der Waals surface area contributed by atoms with Crippen molar-refractivity contribution in [3.05, 3.63) is 23.3 Å². The van der Waals surface area contributed by atoms with Gasteiger partial charge in [-0.3, -0.25) is 0 Å². The summed E-state index contributed by atoms with van der Waals surface area (Å²) in [4.78, 5) is 2.51. The van der Waals surface area contributed by atoms with Gasteiger partial charge in [0.2, 0.25) is 0 Å². The molecule has 136 valence electrons. The fourth-order valence-electron chi connectivity index (χ4n) is 6.65. The monoisotopic (exact) mass is 345 g/mol. The van der Waals surface area contributed by atoms with Crippen LogP contribution in [0, 0.1) is 5.92 Å². The van der Waals surface area contributed by atoms with Gasteiger partial charge in [0.15, 0.2) is 17.1 Å². The van der Waals surface area contributed by atoms with Crippen LogP contribution >= 0.6 is 0 Å². The number of rotatable bonds is 3. The SMILES string of the molecule is COc1ccc2c3c1O[C@@]1(CO)C(OC)CCC4[C@@H](C2)N(C)CC[C@@]341. The van der Waals surface area contributed by atoms with E-state index in [0.717, 1.165) is 43.7 Å². The number of aliphatic hydroxyl groups excluding tert-OH is 1. The number of nitrogens with zero attached hydrogens (tertiary/aromatic N) is 1. The second-order valence-electron chi connectivity index (χ2n) is 8.16. The van der Waals surface area contributed by atoms with Gasteiger partial charge in [-0.1, -0.05) is 6.07 Å². The first-order chi connectivity index (χ1) is 12.1. The third kappa shape index (κ3) is 1.61. The van der Waals surface area contributed by atoms with Crippen LogP contribution in [0.25, 0.3) is 0 Å². The molecule has 5 atom stereocenters. The van der Waals surface area contributed by atoms with Gasteiger partial charge < -0.3 is 24.2 Å². The summed E-state index contributed by atoms with van der Waals surface area (Å²) in [5.41, 5.74) is 1.79. The Kier molecular flexibility index (Phi) is 3.26. The lowest BCUT2D eigenvalue weighted by molar-refractivity contribution is -0.192. The van der Waals surface area contributed by atoms with Gasteiger partial charge >= 0.3 is 0 Å². The van der Waals surface area contributed by atoms with Gasteiger partial charge in [-0.15, -0.1) is 0 Å². The first-order valence-corrected chi connectivity index (χ1v) is 9.36. The minimum Gasteiger partial charge on any atom is -0.493 e. The van der Waals surface area contributed by atoms with Crippen LogP contribution in [0.2, 0.25) is 0 Å². The summed E-state index contributed by atoms with van der Waals surface area (Å²) in [6, 6.07) is 4.73. The van der Waals surface area contributed by atoms with Crippen LogP contribution in [0.3, 0.4) is 0 Å². The number of methoxy groups -OCH3 is 2. The van der Waals surface area contributed by atoms with E-state index in [9.17, 15) is 5.11 Å². The number of aliphatic hydroxyl groups is 1. The molecule has 1 N–H and O–H groups in total. The van der Waals surface area contributed by atoms with Crippen molar-refractivity contribution in [1.82, 2.24) is 4.90 Å². The van der Waals surface area contributed by atoms with E-state index in [1.807, 2.05) is 6.07 Å². The Morgan fingerprint density at radius 1 is 1.32 bits per heavy atom. The number of hydrogen-bond acceptors (Lipinski definition) is 5. The molecule has 2 aliphatic heterocycles. The van der Waals surface area contributed by atoms with Crippen molar-refractivity contribution in [1.29, 1.82) is 0 Å². The second kappa shape index (κ2) is 5.12. The van der Waals surface area contributed by atoms with Crippen molar-refractivity contribution in [2.45, 2.75) is 48.8 Å². The molecule has 5 heteroatoms. The molecule has 0 amide bonds. The molecule has 25 heavy (non-hydrogen) atoms. The van der Waals surface area contributed by atoms with E-state index in [1.165, 1.54) is 11.1 Å². The molecule has 1 saturated carbocycles. The number of likely N-dealkylation sites (tertiary alicyclic amines) is 1. The number of ether oxygens (including phenoxy) is 3. The van der Waals surface area contributed by atoms with E-state index < -0.39 is 5.60 Å². The first kappa shape index (κ1) is 15.9. The molecule has 2 fully saturated rings. The van der Waals surface area contributed by atoms with E-state index in [-0.39, 0.29) is 18.1 Å². The van der Waals surface area contributed by atoms with Crippen molar-refractivity contribution >= 4 is 0 Å². The smallest absolute Gasteiger partial charge is 0.168 e. The van der Waals surface area contributed by atoms with Crippen LogP contribution in [-0.4, -0.2) is 62.2 Å². The Labute approximate surface area is 148 Å². The molecule has 2 unspecified atom stereocenters. The number of benzene rings is 1. The number of hydrogen-bond donors (Lipinski definition) is 1. The molecule has 0 radical (unpaired) electrons. The molecular formula is C20H27NO4. The molecule has 1 aromatic carbocycles. The van der Waals surface area contributed by atoms with Crippen molar-refractivity contribution in [3.8, 4) is 11.5 Å². The molecule has 4 aliphatic rings. The largest absolute Gasteiger partial charge is 0.493 e. The Morgan fingerprint density at radius 3 is 2.88 bits per heavy atom. The lowest BCUT2D eigenvalue weighted by Gasteiger charge is -2.62. The normalized spacial score (nSPS) is 41.2. The fourth-order valence-corrected chi connectivity index (χ4v) is 6.65.